The number of benzene rings is 2. The molecule has 8 heteroatoms. The number of nitrogens with zero attached hydrogens (tertiary/aromatic N) is 1. The molecule has 0 saturated carbocycles. The van der Waals surface area contributed by atoms with Crippen molar-refractivity contribution < 1.29 is 18.3 Å². The summed E-state index contributed by atoms with van der Waals surface area (Å²) in [5.74, 6) is 0.651. The van der Waals surface area contributed by atoms with Gasteiger partial charge in [-0.3, -0.25) is 0 Å². The fraction of sp³-hybridized carbons (Fsp3) is 0.158. The maximum Gasteiger partial charge on any atom is 0.319 e. The molecule has 0 spiro atoms. The van der Waals surface area contributed by atoms with Crippen LogP contribution in [0.3, 0.4) is 0 Å². The summed E-state index contributed by atoms with van der Waals surface area (Å²) in [5.41, 5.74) is 1.86. The molecule has 3 aromatic rings. The maximum absolute atomic E-state index is 13.4. The second-order valence-electron chi connectivity index (χ2n) is 5.63. The number of ether oxygens (including phenoxy) is 1. The summed E-state index contributed by atoms with van der Waals surface area (Å²) in [5, 5.41) is 5.21. The van der Waals surface area contributed by atoms with E-state index >= 15 is 0 Å². The molecule has 0 unspecified atom stereocenters. The molecular weight excluding hydrogens is 373 g/mol. The molecule has 0 bridgehead atoms. The van der Waals surface area contributed by atoms with Crippen LogP contribution in [0, 0.1) is 5.82 Å². The zero-order chi connectivity index (χ0) is 19.2. The third kappa shape index (κ3) is 4.98. The number of aromatic nitrogens is 1. The quantitative estimate of drug-likeness (QED) is 0.650. The normalized spacial score (nSPS) is 10.5. The van der Waals surface area contributed by atoms with Gasteiger partial charge in [0.25, 0.3) is 0 Å². The van der Waals surface area contributed by atoms with Crippen LogP contribution >= 0.6 is 11.6 Å². The lowest BCUT2D eigenvalue weighted by Crippen LogP contribution is -2.30. The Morgan fingerprint density at radius 2 is 2.04 bits per heavy atom. The average Bonchev–Trinajstić information content (AvgIpc) is 3.14. The second kappa shape index (κ2) is 8.55. The molecule has 1 aromatic heterocycles. The van der Waals surface area contributed by atoms with Crippen molar-refractivity contribution in [3.8, 4) is 17.2 Å². The summed E-state index contributed by atoms with van der Waals surface area (Å²) in [6.07, 6.45) is 2.04. The van der Waals surface area contributed by atoms with Gasteiger partial charge < -0.3 is 19.8 Å². The molecule has 140 valence electrons. The maximum atomic E-state index is 13.4. The Bertz CT molecular complexity index is 928. The van der Waals surface area contributed by atoms with E-state index in [9.17, 15) is 9.18 Å². The highest BCUT2D eigenvalue weighted by atomic mass is 35.5. The Labute approximate surface area is 160 Å². The first-order valence-corrected chi connectivity index (χ1v) is 8.51. The van der Waals surface area contributed by atoms with Crippen molar-refractivity contribution in [2.75, 3.05) is 19.0 Å². The van der Waals surface area contributed by atoms with Crippen LogP contribution in [-0.4, -0.2) is 24.7 Å². The summed E-state index contributed by atoms with van der Waals surface area (Å²) in [7, 11) is 1.60. The molecule has 6 nitrogen and oxygen atoms in total. The minimum Gasteiger partial charge on any atom is -0.497 e. The summed E-state index contributed by atoms with van der Waals surface area (Å²) in [6.45, 7) is 0.344. The summed E-state index contributed by atoms with van der Waals surface area (Å²) in [6, 6.07) is 11.0. The highest BCUT2D eigenvalue weighted by molar-refractivity contribution is 6.30. The summed E-state index contributed by atoms with van der Waals surface area (Å²) < 4.78 is 23.9. The van der Waals surface area contributed by atoms with Gasteiger partial charge in [-0.2, -0.15) is 0 Å². The lowest BCUT2D eigenvalue weighted by atomic mass is 10.2. The van der Waals surface area contributed by atoms with Gasteiger partial charge in [0.15, 0.2) is 0 Å². The molecule has 3 rings (SSSR count). The Hall–Kier alpha value is -3.06. The predicted molar refractivity (Wildman–Crippen MR) is 101 cm³/mol. The van der Waals surface area contributed by atoms with E-state index in [-0.39, 0.29) is 5.02 Å². The van der Waals surface area contributed by atoms with Gasteiger partial charge in [-0.1, -0.05) is 11.6 Å². The van der Waals surface area contributed by atoms with E-state index in [4.69, 9.17) is 20.8 Å². The Kier molecular flexibility index (Phi) is 5.93. The third-order valence-electron chi connectivity index (χ3n) is 3.73. The summed E-state index contributed by atoms with van der Waals surface area (Å²) >= 11 is 5.60. The number of amides is 2. The smallest absolute Gasteiger partial charge is 0.319 e. The highest BCUT2D eigenvalue weighted by Crippen LogP contribution is 2.22. The number of carbonyl (C=O) groups excluding carboxylic acids is 1. The topological polar surface area (TPSA) is 76.4 Å². The highest BCUT2D eigenvalue weighted by Gasteiger charge is 2.08. The Balaban J connectivity index is 1.49. The van der Waals surface area contributed by atoms with Crippen molar-refractivity contribution >= 4 is 23.3 Å². The number of hydrogen-bond donors (Lipinski definition) is 2. The number of oxazole rings is 1. The lowest BCUT2D eigenvalue weighted by Gasteiger charge is -2.07. The SMILES string of the molecule is COc1ccc(-c2nc(CCNC(=O)Nc3ccc(Cl)c(F)c3)co2)cc1. The lowest BCUT2D eigenvalue weighted by molar-refractivity contribution is 0.252. The number of halogens is 2. The molecule has 0 aliphatic heterocycles. The number of carbonyl (C=O) groups is 1. The van der Waals surface area contributed by atoms with Gasteiger partial charge in [0.2, 0.25) is 5.89 Å². The molecule has 0 fully saturated rings. The number of anilines is 1. The first-order chi connectivity index (χ1) is 13.0. The molecule has 0 saturated heterocycles. The van der Waals surface area contributed by atoms with Gasteiger partial charge in [0.05, 0.1) is 17.8 Å². The Morgan fingerprint density at radius 1 is 1.26 bits per heavy atom. The minimum atomic E-state index is -0.594. The molecule has 0 aliphatic rings. The van der Waals surface area contributed by atoms with E-state index in [0.29, 0.717) is 30.2 Å². The second-order valence-corrected chi connectivity index (χ2v) is 6.04. The number of rotatable bonds is 6. The molecule has 0 atom stereocenters. The van der Waals surface area contributed by atoms with Gasteiger partial charge >= 0.3 is 6.03 Å². The van der Waals surface area contributed by atoms with Gasteiger partial charge in [0, 0.05) is 24.2 Å². The van der Waals surface area contributed by atoms with E-state index in [1.54, 1.807) is 13.4 Å². The van der Waals surface area contributed by atoms with Crippen LogP contribution in [0.1, 0.15) is 5.69 Å². The van der Waals surface area contributed by atoms with E-state index in [1.165, 1.54) is 12.1 Å². The van der Waals surface area contributed by atoms with Gasteiger partial charge in [-0.15, -0.1) is 0 Å². The van der Waals surface area contributed by atoms with Crippen molar-refractivity contribution in [1.82, 2.24) is 10.3 Å². The van der Waals surface area contributed by atoms with Gasteiger partial charge in [-0.25, -0.2) is 14.2 Å². The molecule has 0 radical (unpaired) electrons. The largest absolute Gasteiger partial charge is 0.497 e. The first kappa shape index (κ1) is 18.7. The van der Waals surface area contributed by atoms with Crippen molar-refractivity contribution in [3.05, 3.63) is 65.3 Å². The molecule has 2 aromatic carbocycles. The fourth-order valence-corrected chi connectivity index (χ4v) is 2.46. The third-order valence-corrected chi connectivity index (χ3v) is 4.04. The fourth-order valence-electron chi connectivity index (χ4n) is 2.34. The van der Waals surface area contributed by atoms with Crippen LogP contribution in [0.25, 0.3) is 11.5 Å². The zero-order valence-electron chi connectivity index (χ0n) is 14.5. The molecule has 2 amide bonds. The molecule has 2 N–H and O–H groups in total. The van der Waals surface area contributed by atoms with Crippen molar-refractivity contribution in [2.24, 2.45) is 0 Å². The van der Waals surface area contributed by atoms with Gasteiger partial charge in [-0.05, 0) is 42.5 Å². The van der Waals surface area contributed by atoms with E-state index in [2.05, 4.69) is 15.6 Å². The predicted octanol–water partition coefficient (Wildman–Crippen LogP) is 4.51. The molecular formula is C19H17ClFN3O3. The van der Waals surface area contributed by atoms with Crippen LogP contribution < -0.4 is 15.4 Å². The molecule has 1 heterocycles. The van der Waals surface area contributed by atoms with E-state index < -0.39 is 11.8 Å². The van der Waals surface area contributed by atoms with Crippen LogP contribution in [0.2, 0.25) is 5.02 Å². The van der Waals surface area contributed by atoms with Gasteiger partial charge in [0.1, 0.15) is 17.8 Å². The van der Waals surface area contributed by atoms with E-state index in [1.807, 2.05) is 24.3 Å². The number of methoxy groups -OCH3 is 1. The summed E-state index contributed by atoms with van der Waals surface area (Å²) in [4.78, 5) is 16.2. The van der Waals surface area contributed by atoms with Crippen LogP contribution in [0.15, 0.2) is 53.1 Å². The monoisotopic (exact) mass is 389 g/mol. The number of urea groups is 1. The van der Waals surface area contributed by atoms with Crippen LogP contribution in [0.5, 0.6) is 5.75 Å². The van der Waals surface area contributed by atoms with Crippen molar-refractivity contribution in [3.63, 3.8) is 0 Å². The Morgan fingerprint density at radius 3 is 2.74 bits per heavy atom. The molecule has 0 aliphatic carbocycles. The van der Waals surface area contributed by atoms with Crippen molar-refractivity contribution in [2.45, 2.75) is 6.42 Å². The minimum absolute atomic E-state index is 0.000320. The first-order valence-electron chi connectivity index (χ1n) is 8.14. The van der Waals surface area contributed by atoms with E-state index in [0.717, 1.165) is 17.4 Å². The molecule has 27 heavy (non-hydrogen) atoms. The van der Waals surface area contributed by atoms with Crippen LogP contribution in [-0.2, 0) is 6.42 Å². The number of nitrogens with one attached hydrogen (secondary N) is 2. The average molecular weight is 390 g/mol. The number of hydrogen-bond acceptors (Lipinski definition) is 4. The standard InChI is InChI=1S/C19H17ClFN3O3/c1-26-15-5-2-12(3-6-15)18-23-14(11-27-18)8-9-22-19(25)24-13-4-7-16(20)17(21)10-13/h2-7,10-11H,8-9H2,1H3,(H2,22,24,25). The van der Waals surface area contributed by atoms with Crippen molar-refractivity contribution in [1.29, 1.82) is 0 Å². The van der Waals surface area contributed by atoms with Crippen LogP contribution in [0.4, 0.5) is 14.9 Å². The zero-order valence-corrected chi connectivity index (χ0v) is 15.2.